The van der Waals surface area contributed by atoms with Crippen molar-refractivity contribution in [2.24, 2.45) is 0 Å². The number of rotatable bonds is 10. The molecule has 0 bridgehead atoms. The predicted molar refractivity (Wildman–Crippen MR) is 123 cm³/mol. The van der Waals surface area contributed by atoms with Crippen LogP contribution in [0.3, 0.4) is 0 Å². The molecule has 2 aromatic rings. The Bertz CT molecular complexity index is 1020. The van der Waals surface area contributed by atoms with E-state index in [-0.39, 0.29) is 32.0 Å². The van der Waals surface area contributed by atoms with E-state index in [0.717, 1.165) is 22.3 Å². The van der Waals surface area contributed by atoms with Crippen LogP contribution in [-0.4, -0.2) is 54.3 Å². The number of carbonyl (C=O) groups excluding carboxylic acids is 3. The number of hydrogen-bond acceptors (Lipinski definition) is 6. The Morgan fingerprint density at radius 3 is 2.09 bits per heavy atom. The van der Waals surface area contributed by atoms with Gasteiger partial charge in [0.1, 0.15) is 18.7 Å². The SMILES string of the molecule is CCOC(=O)C(C)NC(=O)C(CCC(=O)O)NC(=O)OCC1c2ccccc2-c2ccccc21. The molecule has 0 spiro atoms. The van der Waals surface area contributed by atoms with E-state index in [9.17, 15) is 19.2 Å². The predicted octanol–water partition coefficient (Wildman–Crippen LogP) is 2.83. The molecule has 180 valence electrons. The van der Waals surface area contributed by atoms with Crippen LogP contribution in [0.25, 0.3) is 11.1 Å². The van der Waals surface area contributed by atoms with E-state index in [1.165, 1.54) is 6.92 Å². The van der Waals surface area contributed by atoms with Gasteiger partial charge in [-0.25, -0.2) is 9.59 Å². The maximum absolute atomic E-state index is 12.6. The van der Waals surface area contributed by atoms with E-state index in [0.29, 0.717) is 0 Å². The Hall–Kier alpha value is -3.88. The first-order valence-corrected chi connectivity index (χ1v) is 11.1. The minimum atomic E-state index is -1.19. The van der Waals surface area contributed by atoms with Gasteiger partial charge in [0.25, 0.3) is 0 Å². The molecular formula is C25H28N2O7. The number of esters is 1. The van der Waals surface area contributed by atoms with Crippen LogP contribution >= 0.6 is 0 Å². The van der Waals surface area contributed by atoms with Crippen molar-refractivity contribution in [1.82, 2.24) is 10.6 Å². The highest BCUT2D eigenvalue weighted by atomic mass is 16.5. The van der Waals surface area contributed by atoms with Gasteiger partial charge in [-0.1, -0.05) is 48.5 Å². The molecule has 34 heavy (non-hydrogen) atoms. The topological polar surface area (TPSA) is 131 Å². The second-order valence-corrected chi connectivity index (χ2v) is 7.94. The monoisotopic (exact) mass is 468 g/mol. The van der Waals surface area contributed by atoms with Gasteiger partial charge in [-0.3, -0.25) is 9.59 Å². The molecule has 0 fully saturated rings. The number of amides is 2. The van der Waals surface area contributed by atoms with Gasteiger partial charge in [0, 0.05) is 12.3 Å². The van der Waals surface area contributed by atoms with Crippen molar-refractivity contribution in [1.29, 1.82) is 0 Å². The number of nitrogens with one attached hydrogen (secondary N) is 2. The molecule has 3 rings (SSSR count). The number of carbonyl (C=O) groups is 4. The summed E-state index contributed by atoms with van der Waals surface area (Å²) in [6.45, 7) is 3.28. The first-order chi connectivity index (χ1) is 16.3. The zero-order valence-corrected chi connectivity index (χ0v) is 19.1. The average molecular weight is 469 g/mol. The number of aliphatic carboxylic acids is 1. The summed E-state index contributed by atoms with van der Waals surface area (Å²) in [7, 11) is 0. The number of alkyl carbamates (subject to hydrolysis) is 1. The van der Waals surface area contributed by atoms with Crippen LogP contribution in [0.4, 0.5) is 4.79 Å². The summed E-state index contributed by atoms with van der Waals surface area (Å²) in [5.41, 5.74) is 4.25. The summed E-state index contributed by atoms with van der Waals surface area (Å²) < 4.78 is 10.3. The largest absolute Gasteiger partial charge is 0.481 e. The minimum Gasteiger partial charge on any atom is -0.481 e. The van der Waals surface area contributed by atoms with E-state index >= 15 is 0 Å². The smallest absolute Gasteiger partial charge is 0.407 e. The number of fused-ring (bicyclic) bond motifs is 3. The third-order valence-electron chi connectivity index (χ3n) is 5.60. The molecule has 3 N–H and O–H groups in total. The highest BCUT2D eigenvalue weighted by Gasteiger charge is 2.30. The fraction of sp³-hybridized carbons (Fsp3) is 0.360. The van der Waals surface area contributed by atoms with Crippen molar-refractivity contribution in [3.63, 3.8) is 0 Å². The number of hydrogen-bond donors (Lipinski definition) is 3. The lowest BCUT2D eigenvalue weighted by Crippen LogP contribution is -2.51. The van der Waals surface area contributed by atoms with E-state index in [1.54, 1.807) is 6.92 Å². The van der Waals surface area contributed by atoms with Gasteiger partial charge in [0.15, 0.2) is 0 Å². The molecule has 2 unspecified atom stereocenters. The van der Waals surface area contributed by atoms with E-state index in [2.05, 4.69) is 10.6 Å². The summed E-state index contributed by atoms with van der Waals surface area (Å²) >= 11 is 0. The van der Waals surface area contributed by atoms with Crippen molar-refractivity contribution in [2.75, 3.05) is 13.2 Å². The second kappa shape index (κ2) is 11.3. The molecule has 1 aliphatic rings. The molecular weight excluding hydrogens is 440 g/mol. The van der Waals surface area contributed by atoms with Crippen molar-refractivity contribution < 1.29 is 33.8 Å². The standard InChI is InChI=1S/C25H28N2O7/c1-3-33-24(31)15(2)26-23(30)21(12-13-22(28)29)27-25(32)34-14-20-18-10-6-4-8-16(18)17-9-5-7-11-19(17)20/h4-11,15,20-21H,3,12-14H2,1-2H3,(H,26,30)(H,27,32)(H,28,29). The summed E-state index contributed by atoms with van der Waals surface area (Å²) in [6.07, 6.45) is -1.37. The lowest BCUT2D eigenvalue weighted by atomic mass is 9.98. The van der Waals surface area contributed by atoms with Gasteiger partial charge in [-0.2, -0.15) is 0 Å². The normalized spacial score (nSPS) is 13.7. The van der Waals surface area contributed by atoms with Crippen molar-refractivity contribution in [2.45, 2.75) is 44.7 Å². The fourth-order valence-electron chi connectivity index (χ4n) is 3.96. The lowest BCUT2D eigenvalue weighted by Gasteiger charge is -2.21. The third-order valence-corrected chi connectivity index (χ3v) is 5.60. The van der Waals surface area contributed by atoms with Gasteiger partial charge < -0.3 is 25.2 Å². The van der Waals surface area contributed by atoms with Crippen molar-refractivity contribution in [3.05, 3.63) is 59.7 Å². The summed E-state index contributed by atoms with van der Waals surface area (Å²) in [5, 5.41) is 13.9. The highest BCUT2D eigenvalue weighted by Crippen LogP contribution is 2.44. The molecule has 9 heteroatoms. The van der Waals surface area contributed by atoms with Gasteiger partial charge in [0.2, 0.25) is 5.91 Å². The first-order valence-electron chi connectivity index (χ1n) is 11.1. The summed E-state index contributed by atoms with van der Waals surface area (Å²) in [5.74, 6) is -2.61. The minimum absolute atomic E-state index is 0.0480. The fourth-order valence-corrected chi connectivity index (χ4v) is 3.96. The van der Waals surface area contributed by atoms with Crippen molar-refractivity contribution in [3.8, 4) is 11.1 Å². The highest BCUT2D eigenvalue weighted by molar-refractivity contribution is 5.90. The second-order valence-electron chi connectivity index (χ2n) is 7.94. The number of carboxylic acid groups (broad SMARTS) is 1. The maximum atomic E-state index is 12.6. The molecule has 2 atom stereocenters. The summed E-state index contributed by atoms with van der Waals surface area (Å²) in [4.78, 5) is 48.0. The van der Waals surface area contributed by atoms with Crippen LogP contribution < -0.4 is 10.6 Å². The third kappa shape index (κ3) is 5.92. The van der Waals surface area contributed by atoms with E-state index in [1.807, 2.05) is 48.5 Å². The molecule has 0 heterocycles. The van der Waals surface area contributed by atoms with Crippen LogP contribution in [-0.2, 0) is 23.9 Å². The molecule has 0 saturated heterocycles. The van der Waals surface area contributed by atoms with E-state index < -0.39 is 36.0 Å². The van der Waals surface area contributed by atoms with Crippen LogP contribution in [0.15, 0.2) is 48.5 Å². The molecule has 0 aliphatic heterocycles. The van der Waals surface area contributed by atoms with Crippen LogP contribution in [0.5, 0.6) is 0 Å². The maximum Gasteiger partial charge on any atom is 0.407 e. The molecule has 2 amide bonds. The van der Waals surface area contributed by atoms with Crippen LogP contribution in [0, 0.1) is 0 Å². The molecule has 0 saturated carbocycles. The van der Waals surface area contributed by atoms with Gasteiger partial charge in [-0.15, -0.1) is 0 Å². The molecule has 0 radical (unpaired) electrons. The van der Waals surface area contributed by atoms with Gasteiger partial charge >= 0.3 is 18.0 Å². The Morgan fingerprint density at radius 1 is 0.941 bits per heavy atom. The molecule has 0 aromatic heterocycles. The van der Waals surface area contributed by atoms with Crippen LogP contribution in [0.2, 0.25) is 0 Å². The molecule has 1 aliphatic carbocycles. The Balaban J connectivity index is 1.65. The van der Waals surface area contributed by atoms with E-state index in [4.69, 9.17) is 14.6 Å². The van der Waals surface area contributed by atoms with Gasteiger partial charge in [0.05, 0.1) is 6.61 Å². The average Bonchev–Trinajstić information content (AvgIpc) is 3.14. The Morgan fingerprint density at radius 2 is 1.53 bits per heavy atom. The van der Waals surface area contributed by atoms with Crippen LogP contribution in [0.1, 0.15) is 43.7 Å². The zero-order valence-electron chi connectivity index (χ0n) is 19.1. The number of ether oxygens (including phenoxy) is 2. The summed E-state index contributed by atoms with van der Waals surface area (Å²) in [6, 6.07) is 13.6. The van der Waals surface area contributed by atoms with Crippen molar-refractivity contribution >= 4 is 23.9 Å². The van der Waals surface area contributed by atoms with Gasteiger partial charge in [-0.05, 0) is 42.5 Å². The number of carboxylic acids is 1. The lowest BCUT2D eigenvalue weighted by molar-refractivity contribution is -0.147. The first kappa shape index (κ1) is 24.8. The zero-order chi connectivity index (χ0) is 24.7. The Labute approximate surface area is 197 Å². The Kier molecular flexibility index (Phi) is 8.24. The molecule has 2 aromatic carbocycles. The number of benzene rings is 2. The molecule has 9 nitrogen and oxygen atoms in total. The quantitative estimate of drug-likeness (QED) is 0.457.